The van der Waals surface area contributed by atoms with Crippen molar-refractivity contribution in [1.29, 1.82) is 0 Å². The summed E-state index contributed by atoms with van der Waals surface area (Å²) in [5, 5.41) is 3.01. The minimum Gasteiger partial charge on any atom is -0.464 e. The van der Waals surface area contributed by atoms with Gasteiger partial charge in [-0.3, -0.25) is 14.9 Å². The van der Waals surface area contributed by atoms with Gasteiger partial charge in [-0.15, -0.1) is 0 Å². The van der Waals surface area contributed by atoms with Gasteiger partial charge >= 0.3 is 11.9 Å². The predicted molar refractivity (Wildman–Crippen MR) is 101 cm³/mol. The van der Waals surface area contributed by atoms with Gasteiger partial charge in [-0.25, -0.2) is 4.79 Å². The summed E-state index contributed by atoms with van der Waals surface area (Å²) in [6.45, 7) is 5.11. The fourth-order valence-corrected chi connectivity index (χ4v) is 2.85. The summed E-state index contributed by atoms with van der Waals surface area (Å²) in [7, 11) is 0. The third-order valence-corrected chi connectivity index (χ3v) is 4.29. The normalized spacial score (nSPS) is 19.7. The van der Waals surface area contributed by atoms with E-state index in [0.29, 0.717) is 5.57 Å². The van der Waals surface area contributed by atoms with E-state index in [9.17, 15) is 14.4 Å². The highest BCUT2D eigenvalue weighted by molar-refractivity contribution is 5.97. The second-order valence-electron chi connectivity index (χ2n) is 6.44. The summed E-state index contributed by atoms with van der Waals surface area (Å²) in [6, 6.07) is 8.56. The first-order valence-corrected chi connectivity index (χ1v) is 8.93. The first-order valence-electron chi connectivity index (χ1n) is 8.93. The second kappa shape index (κ2) is 9.28. The molecule has 1 aromatic rings. The third kappa shape index (κ3) is 5.37. The molecule has 0 radical (unpaired) electrons. The van der Waals surface area contributed by atoms with Crippen molar-refractivity contribution in [2.75, 3.05) is 6.61 Å². The molecule has 6 nitrogen and oxygen atoms in total. The number of Topliss-reactive ketones (excluding diaryl/α,β-unsaturated/α-hetero) is 1. The monoisotopic (exact) mass is 371 g/mol. The number of nitrogens with one attached hydrogen (secondary N) is 1. The number of esters is 2. The van der Waals surface area contributed by atoms with E-state index in [2.05, 4.69) is 5.32 Å². The van der Waals surface area contributed by atoms with Gasteiger partial charge in [0, 0.05) is 6.42 Å². The Hall–Kier alpha value is -2.73. The van der Waals surface area contributed by atoms with Crippen molar-refractivity contribution in [2.45, 2.75) is 45.4 Å². The Morgan fingerprint density at radius 1 is 1.19 bits per heavy atom. The number of benzene rings is 1. The topological polar surface area (TPSA) is 81.7 Å². The number of hydrogen-bond acceptors (Lipinski definition) is 6. The summed E-state index contributed by atoms with van der Waals surface area (Å²) < 4.78 is 10.5. The van der Waals surface area contributed by atoms with Crippen molar-refractivity contribution in [3.63, 3.8) is 0 Å². The number of hydrogen-bond donors (Lipinski definition) is 1. The van der Waals surface area contributed by atoms with E-state index in [1.807, 2.05) is 30.3 Å². The van der Waals surface area contributed by atoms with Gasteiger partial charge in [0.1, 0.15) is 18.2 Å². The van der Waals surface area contributed by atoms with Crippen LogP contribution in [0.3, 0.4) is 0 Å². The molecule has 0 amide bonds. The fourth-order valence-electron chi connectivity index (χ4n) is 2.85. The largest absolute Gasteiger partial charge is 0.464 e. The van der Waals surface area contributed by atoms with E-state index in [-0.39, 0.29) is 25.4 Å². The smallest absolute Gasteiger partial charge is 0.330 e. The molecule has 1 aromatic carbocycles. The van der Waals surface area contributed by atoms with Crippen molar-refractivity contribution in [3.8, 4) is 0 Å². The Bertz CT molecular complexity index is 753. The van der Waals surface area contributed by atoms with Crippen molar-refractivity contribution < 1.29 is 23.9 Å². The molecule has 2 atom stereocenters. The molecule has 0 saturated heterocycles. The van der Waals surface area contributed by atoms with Crippen LogP contribution in [0.25, 0.3) is 0 Å². The second-order valence-corrected chi connectivity index (χ2v) is 6.44. The predicted octanol–water partition coefficient (Wildman–Crippen LogP) is 2.49. The highest BCUT2D eigenvalue weighted by atomic mass is 16.5. The van der Waals surface area contributed by atoms with Crippen LogP contribution in [-0.2, 0) is 30.5 Å². The maximum absolute atomic E-state index is 12.6. The molecule has 1 aliphatic carbocycles. The standard InChI is InChI=1S/C21H25NO5/c1-4-26-20(25)21(12-8-11-18(13-21)16(3)23)22-15(2)19(24)27-14-17-9-6-5-7-10-17/h5-12,15,22H,4,13-14H2,1-3H3/t15-,21+/m0/s1. The number of ether oxygens (including phenoxy) is 2. The van der Waals surface area contributed by atoms with Crippen LogP contribution in [0.15, 0.2) is 54.1 Å². The van der Waals surface area contributed by atoms with E-state index in [1.165, 1.54) is 6.92 Å². The minimum absolute atomic E-state index is 0.119. The molecular weight excluding hydrogens is 346 g/mol. The average Bonchev–Trinajstić information content (AvgIpc) is 2.67. The Kier molecular flexibility index (Phi) is 7.07. The first kappa shape index (κ1) is 20.6. The van der Waals surface area contributed by atoms with Crippen molar-refractivity contribution in [2.24, 2.45) is 0 Å². The van der Waals surface area contributed by atoms with Crippen molar-refractivity contribution >= 4 is 17.7 Å². The Labute approximate surface area is 159 Å². The van der Waals surface area contributed by atoms with Gasteiger partial charge in [-0.1, -0.05) is 48.6 Å². The van der Waals surface area contributed by atoms with Gasteiger partial charge in [0.15, 0.2) is 5.78 Å². The highest BCUT2D eigenvalue weighted by Crippen LogP contribution is 2.26. The molecule has 0 bridgehead atoms. The minimum atomic E-state index is -1.28. The molecule has 1 aliphatic rings. The van der Waals surface area contributed by atoms with Crippen LogP contribution in [0.4, 0.5) is 0 Å². The molecule has 144 valence electrons. The zero-order chi connectivity index (χ0) is 19.9. The van der Waals surface area contributed by atoms with E-state index < -0.39 is 23.5 Å². The van der Waals surface area contributed by atoms with Crippen LogP contribution in [0.1, 0.15) is 32.8 Å². The van der Waals surface area contributed by atoms with Crippen molar-refractivity contribution in [3.05, 3.63) is 59.7 Å². The van der Waals surface area contributed by atoms with Crippen LogP contribution in [0, 0.1) is 0 Å². The number of carbonyl (C=O) groups is 3. The molecule has 1 N–H and O–H groups in total. The van der Waals surface area contributed by atoms with Gasteiger partial charge in [0.2, 0.25) is 0 Å². The summed E-state index contributed by atoms with van der Waals surface area (Å²) in [5.74, 6) is -1.15. The molecule has 0 fully saturated rings. The van der Waals surface area contributed by atoms with E-state index >= 15 is 0 Å². The maximum Gasteiger partial charge on any atom is 0.330 e. The quantitative estimate of drug-likeness (QED) is 0.707. The highest BCUT2D eigenvalue weighted by Gasteiger charge is 2.42. The van der Waals surface area contributed by atoms with E-state index in [0.717, 1.165) is 5.56 Å². The lowest BCUT2D eigenvalue weighted by Gasteiger charge is -2.34. The molecule has 6 heteroatoms. The van der Waals surface area contributed by atoms with Gasteiger partial charge < -0.3 is 9.47 Å². The SMILES string of the molecule is CCOC(=O)[C@@]1(N[C@@H](C)C(=O)OCc2ccccc2)C=CC=C(C(C)=O)C1. The molecule has 2 rings (SSSR count). The average molecular weight is 371 g/mol. The molecule has 0 spiro atoms. The summed E-state index contributed by atoms with van der Waals surface area (Å²) >= 11 is 0. The van der Waals surface area contributed by atoms with Gasteiger partial charge in [-0.05, 0) is 31.9 Å². The van der Waals surface area contributed by atoms with Crippen LogP contribution in [-0.4, -0.2) is 35.9 Å². The van der Waals surface area contributed by atoms with Gasteiger partial charge in [-0.2, -0.15) is 0 Å². The van der Waals surface area contributed by atoms with Gasteiger partial charge in [0.25, 0.3) is 0 Å². The Balaban J connectivity index is 2.09. The van der Waals surface area contributed by atoms with E-state index in [1.54, 1.807) is 32.1 Å². The number of allylic oxidation sites excluding steroid dienone is 2. The molecule has 0 aliphatic heterocycles. The molecule has 0 saturated carbocycles. The third-order valence-electron chi connectivity index (χ3n) is 4.29. The molecule has 27 heavy (non-hydrogen) atoms. The van der Waals surface area contributed by atoms with Gasteiger partial charge in [0.05, 0.1) is 6.61 Å². The van der Waals surface area contributed by atoms with E-state index in [4.69, 9.17) is 9.47 Å². The molecular formula is C21H25NO5. The molecule has 0 heterocycles. The Morgan fingerprint density at radius 3 is 2.52 bits per heavy atom. The summed E-state index contributed by atoms with van der Waals surface area (Å²) in [5.41, 5.74) is 0.0807. The lowest BCUT2D eigenvalue weighted by Crippen LogP contribution is -2.57. The van der Waals surface area contributed by atoms with Crippen LogP contribution < -0.4 is 5.32 Å². The Morgan fingerprint density at radius 2 is 1.89 bits per heavy atom. The zero-order valence-electron chi connectivity index (χ0n) is 15.9. The lowest BCUT2D eigenvalue weighted by molar-refractivity contribution is -0.152. The maximum atomic E-state index is 12.6. The molecule has 0 unspecified atom stereocenters. The summed E-state index contributed by atoms with van der Waals surface area (Å²) in [4.78, 5) is 36.8. The number of ketones is 1. The number of carbonyl (C=O) groups excluding carboxylic acids is 3. The van der Waals surface area contributed by atoms with Crippen LogP contribution in [0.2, 0.25) is 0 Å². The molecule has 0 aromatic heterocycles. The lowest BCUT2D eigenvalue weighted by atomic mass is 9.84. The van der Waals surface area contributed by atoms with Crippen LogP contribution in [0.5, 0.6) is 0 Å². The van der Waals surface area contributed by atoms with Crippen LogP contribution >= 0.6 is 0 Å². The number of rotatable bonds is 8. The first-order chi connectivity index (χ1) is 12.9. The summed E-state index contributed by atoms with van der Waals surface area (Å²) in [6.07, 6.45) is 5.04. The zero-order valence-corrected chi connectivity index (χ0v) is 15.9. The fraction of sp³-hybridized carbons (Fsp3) is 0.381. The van der Waals surface area contributed by atoms with Crippen molar-refractivity contribution in [1.82, 2.24) is 5.32 Å².